The van der Waals surface area contributed by atoms with Crippen molar-refractivity contribution >= 4 is 39.5 Å². The second-order valence-electron chi connectivity index (χ2n) is 5.60. The maximum absolute atomic E-state index is 12.3. The van der Waals surface area contributed by atoms with E-state index < -0.39 is 11.4 Å². The van der Waals surface area contributed by atoms with Crippen molar-refractivity contribution in [1.29, 1.82) is 0 Å². The van der Waals surface area contributed by atoms with E-state index in [0.29, 0.717) is 16.8 Å². The highest BCUT2D eigenvalue weighted by Crippen LogP contribution is 2.24. The van der Waals surface area contributed by atoms with Crippen molar-refractivity contribution in [3.05, 3.63) is 43.2 Å². The van der Waals surface area contributed by atoms with Crippen molar-refractivity contribution in [2.24, 2.45) is 5.92 Å². The van der Waals surface area contributed by atoms with Crippen molar-refractivity contribution in [2.45, 2.75) is 19.3 Å². The second kappa shape index (κ2) is 6.37. The normalized spacial score (nSPS) is 16.0. The van der Waals surface area contributed by atoms with Crippen LogP contribution in [0.15, 0.2) is 23.1 Å². The first kappa shape index (κ1) is 15.5. The van der Waals surface area contributed by atoms with Gasteiger partial charge in [0.05, 0.1) is 5.52 Å². The maximum Gasteiger partial charge on any atom is 0.341 e. The lowest BCUT2D eigenvalue weighted by Gasteiger charge is -2.22. The van der Waals surface area contributed by atoms with Gasteiger partial charge < -0.3 is 14.8 Å². The van der Waals surface area contributed by atoms with E-state index in [9.17, 15) is 9.59 Å². The first-order chi connectivity index (χ1) is 10.6. The van der Waals surface area contributed by atoms with Gasteiger partial charge in [0.1, 0.15) is 5.56 Å². The summed E-state index contributed by atoms with van der Waals surface area (Å²) in [5.41, 5.74) is 1.14. The fraction of sp³-hybridized carbons (Fsp3) is 0.375. The van der Waals surface area contributed by atoms with Crippen LogP contribution in [0, 0.1) is 9.49 Å². The van der Waals surface area contributed by atoms with Crippen LogP contribution in [0.2, 0.25) is 0 Å². The number of aromatic amines is 1. The molecule has 0 amide bonds. The zero-order valence-corrected chi connectivity index (χ0v) is 14.1. The fourth-order valence-corrected chi connectivity index (χ4v) is 3.75. The third kappa shape index (κ3) is 3.03. The van der Waals surface area contributed by atoms with Crippen LogP contribution in [0.4, 0.5) is 0 Å². The summed E-state index contributed by atoms with van der Waals surface area (Å²) >= 11 is 2.18. The zero-order valence-electron chi connectivity index (χ0n) is 11.9. The molecule has 1 aliphatic rings. The van der Waals surface area contributed by atoms with Gasteiger partial charge in [0.15, 0.2) is 0 Å². The SMILES string of the molecule is O=C(O)c1c[nH]c2c(I)cc(CC3CCOCC3)cc2c1=O. The number of rotatable bonds is 3. The first-order valence-corrected chi connectivity index (χ1v) is 8.29. The Morgan fingerprint density at radius 1 is 1.36 bits per heavy atom. The molecule has 0 atom stereocenters. The Balaban J connectivity index is 2.03. The number of aromatic carboxylic acids is 1. The molecular weight excluding hydrogens is 397 g/mol. The van der Waals surface area contributed by atoms with Crippen LogP contribution in [0.5, 0.6) is 0 Å². The summed E-state index contributed by atoms with van der Waals surface area (Å²) in [6, 6.07) is 3.90. The van der Waals surface area contributed by atoms with Gasteiger partial charge in [-0.05, 0) is 65.5 Å². The molecule has 0 bridgehead atoms. The molecule has 1 saturated heterocycles. The Kier molecular flexibility index (Phi) is 4.49. The number of carbonyl (C=O) groups is 1. The third-order valence-electron chi connectivity index (χ3n) is 4.10. The van der Waals surface area contributed by atoms with Gasteiger partial charge in [-0.2, -0.15) is 0 Å². The van der Waals surface area contributed by atoms with Crippen LogP contribution >= 0.6 is 22.6 Å². The van der Waals surface area contributed by atoms with Gasteiger partial charge in [-0.3, -0.25) is 4.79 Å². The lowest BCUT2D eigenvalue weighted by molar-refractivity contribution is 0.0665. The minimum absolute atomic E-state index is 0.216. The largest absolute Gasteiger partial charge is 0.477 e. The number of aromatic nitrogens is 1. The van der Waals surface area contributed by atoms with Crippen LogP contribution in [0.3, 0.4) is 0 Å². The Bertz CT molecular complexity index is 778. The number of hydrogen-bond donors (Lipinski definition) is 2. The average molecular weight is 413 g/mol. The molecule has 1 aromatic carbocycles. The predicted octanol–water partition coefficient (Wildman–Crippen LogP) is 2.80. The number of pyridine rings is 1. The number of benzene rings is 1. The average Bonchev–Trinajstić information content (AvgIpc) is 2.49. The molecular formula is C16H16INO4. The zero-order chi connectivity index (χ0) is 15.7. The van der Waals surface area contributed by atoms with Gasteiger partial charge in [-0.15, -0.1) is 0 Å². The Labute approximate surface area is 140 Å². The number of halogens is 1. The van der Waals surface area contributed by atoms with Crippen LogP contribution in [-0.4, -0.2) is 29.3 Å². The molecule has 3 rings (SSSR count). The summed E-state index contributed by atoms with van der Waals surface area (Å²) in [5, 5.41) is 9.54. The molecule has 0 aliphatic carbocycles. The van der Waals surface area contributed by atoms with E-state index in [1.54, 1.807) is 0 Å². The van der Waals surface area contributed by atoms with E-state index in [1.807, 2.05) is 6.07 Å². The highest BCUT2D eigenvalue weighted by atomic mass is 127. The summed E-state index contributed by atoms with van der Waals surface area (Å²) in [6.45, 7) is 1.58. The monoisotopic (exact) mass is 413 g/mol. The number of nitrogens with one attached hydrogen (secondary N) is 1. The molecule has 0 radical (unpaired) electrons. The maximum atomic E-state index is 12.3. The van der Waals surface area contributed by atoms with E-state index in [2.05, 4.69) is 33.6 Å². The molecule has 2 aromatic rings. The first-order valence-electron chi connectivity index (χ1n) is 7.21. The molecule has 116 valence electrons. The summed E-state index contributed by atoms with van der Waals surface area (Å²) in [6.07, 6.45) is 4.22. The molecule has 6 heteroatoms. The van der Waals surface area contributed by atoms with Crippen molar-refractivity contribution in [3.8, 4) is 0 Å². The predicted molar refractivity (Wildman–Crippen MR) is 91.5 cm³/mol. The molecule has 1 aliphatic heterocycles. The molecule has 0 spiro atoms. The topological polar surface area (TPSA) is 79.4 Å². The molecule has 1 aromatic heterocycles. The van der Waals surface area contributed by atoms with Crippen molar-refractivity contribution < 1.29 is 14.6 Å². The van der Waals surface area contributed by atoms with Crippen LogP contribution < -0.4 is 5.43 Å². The smallest absolute Gasteiger partial charge is 0.341 e. The van der Waals surface area contributed by atoms with Gasteiger partial charge in [0.25, 0.3) is 0 Å². The molecule has 5 nitrogen and oxygen atoms in total. The van der Waals surface area contributed by atoms with E-state index in [1.165, 1.54) is 6.20 Å². The molecule has 1 fully saturated rings. The van der Waals surface area contributed by atoms with E-state index in [0.717, 1.165) is 41.6 Å². The number of carboxylic acid groups (broad SMARTS) is 1. The van der Waals surface area contributed by atoms with Gasteiger partial charge >= 0.3 is 5.97 Å². The molecule has 22 heavy (non-hydrogen) atoms. The van der Waals surface area contributed by atoms with E-state index >= 15 is 0 Å². The summed E-state index contributed by atoms with van der Waals surface area (Å²) in [5.74, 6) is -0.642. The number of ether oxygens (including phenoxy) is 1. The van der Waals surface area contributed by atoms with Gasteiger partial charge in [-0.25, -0.2) is 4.79 Å². The van der Waals surface area contributed by atoms with Crippen molar-refractivity contribution in [1.82, 2.24) is 4.98 Å². The summed E-state index contributed by atoms with van der Waals surface area (Å²) < 4.78 is 6.31. The van der Waals surface area contributed by atoms with Crippen LogP contribution in [0.25, 0.3) is 10.9 Å². The standard InChI is InChI=1S/C16H16INO4/c17-13-7-10(5-9-1-3-22-4-2-9)6-11-14(13)18-8-12(15(11)19)16(20)21/h6-9H,1-5H2,(H,18,19)(H,20,21). The van der Waals surface area contributed by atoms with Crippen LogP contribution in [0.1, 0.15) is 28.8 Å². The number of H-pyrrole nitrogens is 1. The molecule has 2 N–H and O–H groups in total. The fourth-order valence-electron chi connectivity index (χ4n) is 2.90. The minimum atomic E-state index is -1.20. The molecule has 2 heterocycles. The van der Waals surface area contributed by atoms with Gasteiger partial charge in [0, 0.05) is 28.4 Å². The van der Waals surface area contributed by atoms with Crippen LogP contribution in [-0.2, 0) is 11.2 Å². The van der Waals surface area contributed by atoms with Crippen molar-refractivity contribution in [2.75, 3.05) is 13.2 Å². The van der Waals surface area contributed by atoms with E-state index in [4.69, 9.17) is 9.84 Å². The number of hydrogen-bond acceptors (Lipinski definition) is 3. The lowest BCUT2D eigenvalue weighted by atomic mass is 9.92. The lowest BCUT2D eigenvalue weighted by Crippen LogP contribution is -2.18. The molecule has 0 saturated carbocycles. The summed E-state index contributed by atoms with van der Waals surface area (Å²) in [7, 11) is 0. The van der Waals surface area contributed by atoms with Crippen molar-refractivity contribution in [3.63, 3.8) is 0 Å². The minimum Gasteiger partial charge on any atom is -0.477 e. The van der Waals surface area contributed by atoms with Gasteiger partial charge in [0.2, 0.25) is 5.43 Å². The summed E-state index contributed by atoms with van der Waals surface area (Å²) in [4.78, 5) is 26.4. The highest BCUT2D eigenvalue weighted by Gasteiger charge is 2.17. The second-order valence-corrected chi connectivity index (χ2v) is 6.76. The molecule has 0 unspecified atom stereocenters. The Morgan fingerprint density at radius 2 is 2.09 bits per heavy atom. The number of fused-ring (bicyclic) bond motifs is 1. The Hall–Kier alpha value is -1.41. The Morgan fingerprint density at radius 3 is 2.77 bits per heavy atom. The van der Waals surface area contributed by atoms with E-state index in [-0.39, 0.29) is 5.56 Å². The highest BCUT2D eigenvalue weighted by molar-refractivity contribution is 14.1. The third-order valence-corrected chi connectivity index (χ3v) is 4.95. The number of carboxylic acids is 1. The van der Waals surface area contributed by atoms with Gasteiger partial charge in [-0.1, -0.05) is 0 Å². The quantitative estimate of drug-likeness (QED) is 0.759.